The van der Waals surface area contributed by atoms with Crippen molar-refractivity contribution < 1.29 is 8.42 Å². The highest BCUT2D eigenvalue weighted by Crippen LogP contribution is 2.24. The van der Waals surface area contributed by atoms with Crippen LogP contribution in [0.25, 0.3) is 10.2 Å². The van der Waals surface area contributed by atoms with Gasteiger partial charge in [0.15, 0.2) is 5.13 Å². The lowest BCUT2D eigenvalue weighted by atomic mass is 10.3. The zero-order valence-corrected chi connectivity index (χ0v) is 12.5. The van der Waals surface area contributed by atoms with E-state index in [1.807, 2.05) is 24.3 Å². The number of fused-ring (bicyclic) bond motifs is 1. The lowest BCUT2D eigenvalue weighted by Crippen LogP contribution is -2.34. The molecule has 0 aliphatic heterocycles. The number of benzene rings is 1. The van der Waals surface area contributed by atoms with Crippen molar-refractivity contribution in [2.24, 2.45) is 0 Å². The molecule has 0 saturated heterocycles. The van der Waals surface area contributed by atoms with Crippen LogP contribution in [0.2, 0.25) is 0 Å². The standard InChI is InChI=1S/C12H17N3O2S2/c1-9(2)15-19(16,17)8-7-13-12-14-10-5-3-4-6-11(10)18-12/h3-6,9,15H,7-8H2,1-2H3,(H,13,14). The van der Waals surface area contributed by atoms with Crippen molar-refractivity contribution in [2.45, 2.75) is 19.9 Å². The molecular weight excluding hydrogens is 282 g/mol. The number of hydrogen-bond acceptors (Lipinski definition) is 5. The number of nitrogens with zero attached hydrogens (tertiary/aromatic N) is 1. The molecule has 2 N–H and O–H groups in total. The van der Waals surface area contributed by atoms with E-state index in [0.717, 1.165) is 15.3 Å². The molecule has 0 radical (unpaired) electrons. The van der Waals surface area contributed by atoms with E-state index < -0.39 is 10.0 Å². The molecule has 0 atom stereocenters. The molecule has 0 amide bonds. The number of aromatic nitrogens is 1. The zero-order chi connectivity index (χ0) is 13.9. The summed E-state index contributed by atoms with van der Waals surface area (Å²) in [5.41, 5.74) is 0.929. The SMILES string of the molecule is CC(C)NS(=O)(=O)CCNc1nc2ccccc2s1. The third-order valence-electron chi connectivity index (χ3n) is 2.36. The summed E-state index contributed by atoms with van der Waals surface area (Å²) >= 11 is 1.52. The van der Waals surface area contributed by atoms with Crippen molar-refractivity contribution >= 4 is 36.7 Å². The first kappa shape index (κ1) is 14.2. The first-order valence-corrected chi connectivity index (χ1v) is 8.52. The molecule has 1 aromatic heterocycles. The fourth-order valence-electron chi connectivity index (χ4n) is 1.66. The minimum atomic E-state index is -3.22. The Labute approximate surface area is 117 Å². The number of rotatable bonds is 6. The fourth-order valence-corrected chi connectivity index (χ4v) is 3.76. The molecule has 1 heterocycles. The van der Waals surface area contributed by atoms with Gasteiger partial charge in [0.1, 0.15) is 0 Å². The molecule has 2 rings (SSSR count). The summed E-state index contributed by atoms with van der Waals surface area (Å²) in [4.78, 5) is 4.39. The third-order valence-corrected chi connectivity index (χ3v) is 4.92. The fraction of sp³-hybridized carbons (Fsp3) is 0.417. The maximum atomic E-state index is 11.6. The summed E-state index contributed by atoms with van der Waals surface area (Å²) < 4.78 is 26.9. The summed E-state index contributed by atoms with van der Waals surface area (Å²) in [5.74, 6) is 0.0428. The maximum Gasteiger partial charge on any atom is 0.213 e. The van der Waals surface area contributed by atoms with Gasteiger partial charge in [-0.05, 0) is 26.0 Å². The normalized spacial score (nSPS) is 12.2. The Balaban J connectivity index is 1.92. The van der Waals surface area contributed by atoms with E-state index in [1.165, 1.54) is 11.3 Å². The van der Waals surface area contributed by atoms with Crippen LogP contribution in [0.5, 0.6) is 0 Å². The zero-order valence-electron chi connectivity index (χ0n) is 10.9. The lowest BCUT2D eigenvalue weighted by Gasteiger charge is -2.09. The smallest absolute Gasteiger partial charge is 0.213 e. The molecule has 0 bridgehead atoms. The van der Waals surface area contributed by atoms with Crippen LogP contribution in [-0.2, 0) is 10.0 Å². The van der Waals surface area contributed by atoms with E-state index in [2.05, 4.69) is 15.0 Å². The molecule has 19 heavy (non-hydrogen) atoms. The van der Waals surface area contributed by atoms with Crippen LogP contribution in [0.15, 0.2) is 24.3 Å². The maximum absolute atomic E-state index is 11.6. The highest BCUT2D eigenvalue weighted by atomic mass is 32.2. The van der Waals surface area contributed by atoms with Gasteiger partial charge in [0.2, 0.25) is 10.0 Å². The second-order valence-corrected chi connectivity index (χ2v) is 7.41. The van der Waals surface area contributed by atoms with Crippen LogP contribution in [-0.4, -0.2) is 31.7 Å². The van der Waals surface area contributed by atoms with Gasteiger partial charge in [-0.1, -0.05) is 23.5 Å². The van der Waals surface area contributed by atoms with Crippen molar-refractivity contribution in [2.75, 3.05) is 17.6 Å². The van der Waals surface area contributed by atoms with Crippen LogP contribution in [0.3, 0.4) is 0 Å². The molecule has 0 aliphatic rings. The number of para-hydroxylation sites is 1. The van der Waals surface area contributed by atoms with E-state index in [1.54, 1.807) is 13.8 Å². The predicted molar refractivity (Wildman–Crippen MR) is 80.2 cm³/mol. The van der Waals surface area contributed by atoms with Crippen LogP contribution in [0.1, 0.15) is 13.8 Å². The topological polar surface area (TPSA) is 71.1 Å². The number of anilines is 1. The van der Waals surface area contributed by atoms with Crippen molar-refractivity contribution in [1.29, 1.82) is 0 Å². The molecule has 1 aromatic carbocycles. The highest BCUT2D eigenvalue weighted by molar-refractivity contribution is 7.89. The highest BCUT2D eigenvalue weighted by Gasteiger charge is 2.11. The van der Waals surface area contributed by atoms with E-state index in [4.69, 9.17) is 0 Å². The molecule has 0 saturated carbocycles. The molecule has 0 unspecified atom stereocenters. The number of thiazole rings is 1. The second kappa shape index (κ2) is 5.85. The van der Waals surface area contributed by atoms with Crippen molar-refractivity contribution in [3.63, 3.8) is 0 Å². The molecule has 5 nitrogen and oxygen atoms in total. The Morgan fingerprint density at radius 3 is 2.74 bits per heavy atom. The van der Waals surface area contributed by atoms with Crippen molar-refractivity contribution in [3.05, 3.63) is 24.3 Å². The Morgan fingerprint density at radius 1 is 1.32 bits per heavy atom. The van der Waals surface area contributed by atoms with Crippen LogP contribution < -0.4 is 10.0 Å². The lowest BCUT2D eigenvalue weighted by molar-refractivity contribution is 0.570. The van der Waals surface area contributed by atoms with E-state index >= 15 is 0 Å². The third kappa shape index (κ3) is 4.15. The molecule has 7 heteroatoms. The second-order valence-electron chi connectivity index (χ2n) is 4.50. The first-order chi connectivity index (χ1) is 8.96. The minimum absolute atomic E-state index is 0.0428. The van der Waals surface area contributed by atoms with E-state index in [0.29, 0.717) is 6.54 Å². The van der Waals surface area contributed by atoms with E-state index in [-0.39, 0.29) is 11.8 Å². The van der Waals surface area contributed by atoms with Crippen LogP contribution >= 0.6 is 11.3 Å². The van der Waals surface area contributed by atoms with Crippen LogP contribution in [0, 0.1) is 0 Å². The predicted octanol–water partition coefficient (Wildman–Crippen LogP) is 2.04. The van der Waals surface area contributed by atoms with Gasteiger partial charge < -0.3 is 5.32 Å². The summed E-state index contributed by atoms with van der Waals surface area (Å²) in [5, 5.41) is 3.80. The van der Waals surface area contributed by atoms with Crippen molar-refractivity contribution in [3.8, 4) is 0 Å². The monoisotopic (exact) mass is 299 g/mol. The summed E-state index contributed by atoms with van der Waals surface area (Å²) in [6, 6.07) is 7.75. The first-order valence-electron chi connectivity index (χ1n) is 6.06. The van der Waals surface area contributed by atoms with Gasteiger partial charge in [0.25, 0.3) is 0 Å². The Morgan fingerprint density at radius 2 is 2.05 bits per heavy atom. The van der Waals surface area contributed by atoms with Gasteiger partial charge in [-0.15, -0.1) is 0 Å². The van der Waals surface area contributed by atoms with Gasteiger partial charge in [-0.25, -0.2) is 18.1 Å². The summed E-state index contributed by atoms with van der Waals surface area (Å²) in [6.45, 7) is 3.96. The molecule has 0 aliphatic carbocycles. The average molecular weight is 299 g/mol. The quantitative estimate of drug-likeness (QED) is 0.856. The van der Waals surface area contributed by atoms with Gasteiger partial charge in [-0.2, -0.15) is 0 Å². The molecule has 2 aromatic rings. The number of sulfonamides is 1. The van der Waals surface area contributed by atoms with Gasteiger partial charge >= 0.3 is 0 Å². The number of nitrogens with one attached hydrogen (secondary N) is 2. The van der Waals surface area contributed by atoms with Crippen LogP contribution in [0.4, 0.5) is 5.13 Å². The summed E-state index contributed by atoms with van der Waals surface area (Å²) in [7, 11) is -3.22. The largest absolute Gasteiger partial charge is 0.360 e. The minimum Gasteiger partial charge on any atom is -0.360 e. The Hall–Kier alpha value is -1.18. The average Bonchev–Trinajstić information content (AvgIpc) is 2.69. The molecule has 104 valence electrons. The summed E-state index contributed by atoms with van der Waals surface area (Å²) in [6.07, 6.45) is 0. The molecular formula is C12H17N3O2S2. The molecule has 0 fully saturated rings. The van der Waals surface area contributed by atoms with E-state index in [9.17, 15) is 8.42 Å². The Bertz CT molecular complexity index is 617. The Kier molecular flexibility index (Phi) is 4.38. The molecule has 0 spiro atoms. The van der Waals surface area contributed by atoms with Crippen molar-refractivity contribution in [1.82, 2.24) is 9.71 Å². The van der Waals surface area contributed by atoms with Gasteiger partial charge in [-0.3, -0.25) is 0 Å². The number of hydrogen-bond donors (Lipinski definition) is 2. The van der Waals surface area contributed by atoms with Gasteiger partial charge in [0.05, 0.1) is 16.0 Å². The van der Waals surface area contributed by atoms with Gasteiger partial charge in [0, 0.05) is 12.6 Å².